The maximum Gasteiger partial charge on any atom is 0.226 e. The lowest BCUT2D eigenvalue weighted by Gasteiger charge is -2.29. The number of halogens is 1. The predicted molar refractivity (Wildman–Crippen MR) is 95.4 cm³/mol. The van der Waals surface area contributed by atoms with Crippen molar-refractivity contribution < 1.29 is 14.0 Å². The van der Waals surface area contributed by atoms with Gasteiger partial charge in [-0.3, -0.25) is 9.59 Å². The lowest BCUT2D eigenvalue weighted by Crippen LogP contribution is -2.38. The Bertz CT molecular complexity index is 851. The van der Waals surface area contributed by atoms with Gasteiger partial charge in [0.25, 0.3) is 0 Å². The number of nitrogens with one attached hydrogen (secondary N) is 1. The Morgan fingerprint density at radius 1 is 1.04 bits per heavy atom. The quantitative estimate of drug-likeness (QED) is 0.920. The Morgan fingerprint density at radius 2 is 1.77 bits per heavy atom. The van der Waals surface area contributed by atoms with E-state index >= 15 is 0 Å². The second kappa shape index (κ2) is 6.90. The van der Waals surface area contributed by atoms with Gasteiger partial charge in [0.1, 0.15) is 5.82 Å². The second-order valence-electron chi connectivity index (χ2n) is 7.04. The van der Waals surface area contributed by atoms with Crippen LogP contribution in [0.4, 0.5) is 4.39 Å². The molecule has 1 heterocycles. The van der Waals surface area contributed by atoms with Crippen molar-refractivity contribution in [1.29, 1.82) is 0 Å². The lowest BCUT2D eigenvalue weighted by atomic mass is 9.99. The highest BCUT2D eigenvalue weighted by molar-refractivity contribution is 5.92. The van der Waals surface area contributed by atoms with Crippen LogP contribution in [0.15, 0.2) is 48.5 Å². The summed E-state index contributed by atoms with van der Waals surface area (Å²) in [4.78, 5) is 26.8. The third kappa shape index (κ3) is 3.34. The molecule has 1 fully saturated rings. The number of carbonyl (C=O) groups excluding carboxylic acids is 2. The molecule has 1 aliphatic carbocycles. The summed E-state index contributed by atoms with van der Waals surface area (Å²) in [6, 6.07) is 14.5. The minimum absolute atomic E-state index is 0.0607. The molecule has 0 bridgehead atoms. The van der Waals surface area contributed by atoms with E-state index in [9.17, 15) is 14.0 Å². The van der Waals surface area contributed by atoms with Crippen molar-refractivity contribution in [3.63, 3.8) is 0 Å². The monoisotopic (exact) mass is 352 g/mol. The van der Waals surface area contributed by atoms with Crippen LogP contribution in [0.5, 0.6) is 0 Å². The molecule has 2 aromatic rings. The minimum Gasteiger partial charge on any atom is -0.352 e. The molecule has 1 N–H and O–H groups in total. The van der Waals surface area contributed by atoms with Gasteiger partial charge in [-0.15, -0.1) is 0 Å². The maximum absolute atomic E-state index is 13.6. The van der Waals surface area contributed by atoms with Crippen LogP contribution in [-0.4, -0.2) is 23.3 Å². The molecule has 2 aromatic carbocycles. The highest BCUT2D eigenvalue weighted by Crippen LogP contribution is 2.41. The third-order valence-electron chi connectivity index (χ3n) is 5.30. The zero-order valence-corrected chi connectivity index (χ0v) is 14.5. The van der Waals surface area contributed by atoms with Crippen molar-refractivity contribution in [3.05, 3.63) is 71.0 Å². The number of rotatable bonds is 4. The number of benzene rings is 2. The van der Waals surface area contributed by atoms with E-state index in [2.05, 4.69) is 17.4 Å². The SMILES string of the molecule is O=C(NCc1ccccc1F)C1CC1C(=O)N1CCc2ccccc2C1. The summed E-state index contributed by atoms with van der Waals surface area (Å²) < 4.78 is 13.6. The summed E-state index contributed by atoms with van der Waals surface area (Å²) in [6.45, 7) is 1.48. The van der Waals surface area contributed by atoms with Gasteiger partial charge in [0, 0.05) is 25.2 Å². The van der Waals surface area contributed by atoms with Gasteiger partial charge in [-0.05, 0) is 30.0 Å². The second-order valence-corrected chi connectivity index (χ2v) is 7.04. The molecular weight excluding hydrogens is 331 g/mol. The van der Waals surface area contributed by atoms with E-state index in [0.29, 0.717) is 25.1 Å². The standard InChI is InChI=1S/C21H21FN2O2/c22-19-8-4-3-6-15(19)12-23-20(25)17-11-18(17)21(26)24-10-9-14-5-1-2-7-16(14)13-24/h1-8,17-18H,9-13H2,(H,23,25). The van der Waals surface area contributed by atoms with Gasteiger partial charge < -0.3 is 10.2 Å². The maximum atomic E-state index is 13.6. The van der Waals surface area contributed by atoms with Crippen molar-refractivity contribution >= 4 is 11.8 Å². The van der Waals surface area contributed by atoms with E-state index in [-0.39, 0.29) is 36.0 Å². The van der Waals surface area contributed by atoms with Crippen LogP contribution in [0.2, 0.25) is 0 Å². The Morgan fingerprint density at radius 3 is 2.58 bits per heavy atom. The van der Waals surface area contributed by atoms with E-state index < -0.39 is 0 Å². The fraction of sp³-hybridized carbons (Fsp3) is 0.333. The van der Waals surface area contributed by atoms with Crippen LogP contribution in [0.25, 0.3) is 0 Å². The number of hydrogen-bond donors (Lipinski definition) is 1. The molecule has 1 aliphatic heterocycles. The van der Waals surface area contributed by atoms with E-state index in [1.807, 2.05) is 17.0 Å². The van der Waals surface area contributed by atoms with Crippen LogP contribution >= 0.6 is 0 Å². The first kappa shape index (κ1) is 16.8. The van der Waals surface area contributed by atoms with Crippen LogP contribution in [-0.2, 0) is 29.1 Å². The molecule has 2 amide bonds. The van der Waals surface area contributed by atoms with Gasteiger partial charge in [-0.25, -0.2) is 4.39 Å². The fourth-order valence-corrected chi connectivity index (χ4v) is 3.63. The highest BCUT2D eigenvalue weighted by atomic mass is 19.1. The topological polar surface area (TPSA) is 49.4 Å². The van der Waals surface area contributed by atoms with Gasteiger partial charge in [-0.2, -0.15) is 0 Å². The first-order chi connectivity index (χ1) is 12.6. The molecule has 4 nitrogen and oxygen atoms in total. The summed E-state index contributed by atoms with van der Waals surface area (Å²) in [5, 5.41) is 2.76. The number of nitrogens with zero attached hydrogens (tertiary/aromatic N) is 1. The van der Waals surface area contributed by atoms with E-state index in [1.54, 1.807) is 18.2 Å². The average Bonchev–Trinajstić information content (AvgIpc) is 3.47. The molecule has 5 heteroatoms. The predicted octanol–water partition coefficient (Wildman–Crippen LogP) is 2.66. The van der Waals surface area contributed by atoms with E-state index in [4.69, 9.17) is 0 Å². The number of fused-ring (bicyclic) bond motifs is 1. The van der Waals surface area contributed by atoms with Gasteiger partial charge in [0.05, 0.1) is 11.8 Å². The molecular formula is C21H21FN2O2. The zero-order valence-electron chi connectivity index (χ0n) is 14.5. The van der Waals surface area contributed by atoms with Crippen molar-refractivity contribution in [1.82, 2.24) is 10.2 Å². The Hall–Kier alpha value is -2.69. The summed E-state index contributed by atoms with van der Waals surface area (Å²) >= 11 is 0. The molecule has 1 saturated carbocycles. The smallest absolute Gasteiger partial charge is 0.226 e. The number of hydrogen-bond acceptors (Lipinski definition) is 2. The molecule has 0 spiro atoms. The Balaban J connectivity index is 1.31. The molecule has 4 rings (SSSR count). The minimum atomic E-state index is -0.330. The van der Waals surface area contributed by atoms with Gasteiger partial charge in [-0.1, -0.05) is 42.5 Å². The first-order valence-electron chi connectivity index (χ1n) is 9.00. The van der Waals surface area contributed by atoms with Gasteiger partial charge in [0.2, 0.25) is 11.8 Å². The molecule has 2 unspecified atom stereocenters. The summed E-state index contributed by atoms with van der Waals surface area (Å²) in [5.41, 5.74) is 2.94. The normalized spacial score (nSPS) is 21.0. The zero-order chi connectivity index (χ0) is 18.1. The lowest BCUT2D eigenvalue weighted by molar-refractivity contribution is -0.135. The van der Waals surface area contributed by atoms with Crippen molar-refractivity contribution in [2.45, 2.75) is 25.9 Å². The van der Waals surface area contributed by atoms with Crippen molar-refractivity contribution in [3.8, 4) is 0 Å². The molecule has 0 radical (unpaired) electrons. The average molecular weight is 352 g/mol. The molecule has 0 aromatic heterocycles. The van der Waals surface area contributed by atoms with Crippen molar-refractivity contribution in [2.24, 2.45) is 11.8 Å². The number of amides is 2. The number of carbonyl (C=O) groups is 2. The molecule has 134 valence electrons. The fourth-order valence-electron chi connectivity index (χ4n) is 3.63. The molecule has 26 heavy (non-hydrogen) atoms. The van der Waals surface area contributed by atoms with Crippen LogP contribution in [0.3, 0.4) is 0 Å². The first-order valence-corrected chi connectivity index (χ1v) is 9.00. The molecule has 0 saturated heterocycles. The van der Waals surface area contributed by atoms with E-state index in [0.717, 1.165) is 6.42 Å². The Kier molecular flexibility index (Phi) is 4.45. The van der Waals surface area contributed by atoms with Crippen LogP contribution < -0.4 is 5.32 Å². The van der Waals surface area contributed by atoms with Gasteiger partial charge in [0.15, 0.2) is 0 Å². The molecule has 2 atom stereocenters. The van der Waals surface area contributed by atoms with Crippen molar-refractivity contribution in [2.75, 3.05) is 6.54 Å². The highest BCUT2D eigenvalue weighted by Gasteiger charge is 2.49. The van der Waals surface area contributed by atoms with E-state index in [1.165, 1.54) is 17.2 Å². The molecule has 2 aliphatic rings. The largest absolute Gasteiger partial charge is 0.352 e. The summed E-state index contributed by atoms with van der Waals surface area (Å²) in [5.74, 6) is -0.954. The Labute approximate surface area is 152 Å². The van der Waals surface area contributed by atoms with Gasteiger partial charge >= 0.3 is 0 Å². The summed E-state index contributed by atoms with van der Waals surface area (Å²) in [7, 11) is 0. The summed E-state index contributed by atoms with van der Waals surface area (Å²) in [6.07, 6.45) is 1.44. The van der Waals surface area contributed by atoms with Crippen LogP contribution in [0, 0.1) is 17.7 Å². The van der Waals surface area contributed by atoms with Crippen LogP contribution in [0.1, 0.15) is 23.1 Å². The third-order valence-corrected chi connectivity index (χ3v) is 5.30.